The molecule has 0 saturated heterocycles. The molecule has 0 amide bonds. The molecule has 1 unspecified atom stereocenters. The van der Waals surface area contributed by atoms with Gasteiger partial charge in [0.1, 0.15) is 11.9 Å². The summed E-state index contributed by atoms with van der Waals surface area (Å²) in [5, 5.41) is 3.21. The molecule has 3 heteroatoms. The van der Waals surface area contributed by atoms with Crippen molar-refractivity contribution in [2.24, 2.45) is 0 Å². The number of hydrogen-bond donors (Lipinski definition) is 1. The monoisotopic (exact) mass is 195 g/mol. The van der Waals surface area contributed by atoms with Crippen LogP contribution < -0.4 is 10.1 Å². The summed E-state index contributed by atoms with van der Waals surface area (Å²) in [6, 6.07) is 5.76. The predicted octanol–water partition coefficient (Wildman–Crippen LogP) is 2.39. The van der Waals surface area contributed by atoms with Crippen molar-refractivity contribution in [3.8, 4) is 5.75 Å². The molecule has 76 valence electrons. The third-order valence-electron chi connectivity index (χ3n) is 2.55. The summed E-state index contributed by atoms with van der Waals surface area (Å²) in [6.07, 6.45) is 0.254. The quantitative estimate of drug-likeness (QED) is 0.743. The van der Waals surface area contributed by atoms with Gasteiger partial charge in [0, 0.05) is 24.2 Å². The second kappa shape index (κ2) is 3.86. The van der Waals surface area contributed by atoms with Gasteiger partial charge in [0.25, 0.3) is 0 Å². The van der Waals surface area contributed by atoms with Crippen molar-refractivity contribution in [2.45, 2.75) is 19.0 Å². The molecule has 0 aromatic heterocycles. The molecule has 14 heavy (non-hydrogen) atoms. The summed E-state index contributed by atoms with van der Waals surface area (Å²) in [6.45, 7) is 0.696. The average molecular weight is 195 g/mol. The molecule has 0 aliphatic carbocycles. The van der Waals surface area contributed by atoms with E-state index in [1.165, 1.54) is 0 Å². The van der Waals surface area contributed by atoms with Crippen molar-refractivity contribution in [3.05, 3.63) is 23.8 Å². The first-order valence-electron chi connectivity index (χ1n) is 4.85. The van der Waals surface area contributed by atoms with E-state index in [2.05, 4.69) is 5.32 Å². The topological polar surface area (TPSA) is 21.3 Å². The number of halogens is 1. The molecule has 1 aromatic rings. The first-order valence-corrected chi connectivity index (χ1v) is 4.85. The van der Waals surface area contributed by atoms with Crippen LogP contribution in [0.3, 0.4) is 0 Å². The number of ether oxygens (including phenoxy) is 1. The van der Waals surface area contributed by atoms with Crippen LogP contribution in [0, 0.1) is 0 Å². The van der Waals surface area contributed by atoms with Crippen LogP contribution in [0.5, 0.6) is 5.75 Å². The van der Waals surface area contributed by atoms with E-state index < -0.39 is 6.17 Å². The van der Waals surface area contributed by atoms with Gasteiger partial charge >= 0.3 is 0 Å². The molecule has 1 atom stereocenters. The molecular formula is C11H14FNO. The Bertz CT molecular complexity index is 327. The van der Waals surface area contributed by atoms with Gasteiger partial charge in [-0.3, -0.25) is 0 Å². The third kappa shape index (κ3) is 1.67. The molecule has 1 heterocycles. The fourth-order valence-corrected chi connectivity index (χ4v) is 1.82. The zero-order chi connectivity index (χ0) is 9.97. The van der Waals surface area contributed by atoms with E-state index in [1.54, 1.807) is 7.11 Å². The maximum Gasteiger partial charge on any atom is 0.124 e. The standard InChI is InChI=1S/C11H14FNO/c1-14-11-4-2-3-10-9(11)7-8(12)5-6-13-10/h2-4,8,13H,5-7H2,1H3. The van der Waals surface area contributed by atoms with Gasteiger partial charge in [0.2, 0.25) is 0 Å². The maximum absolute atomic E-state index is 13.3. The average Bonchev–Trinajstić information content (AvgIpc) is 2.38. The lowest BCUT2D eigenvalue weighted by atomic mass is 10.1. The normalized spacial score (nSPS) is 20.6. The molecule has 1 aromatic carbocycles. The van der Waals surface area contributed by atoms with E-state index in [1.807, 2.05) is 18.2 Å². The van der Waals surface area contributed by atoms with Crippen LogP contribution in [0.4, 0.5) is 10.1 Å². The van der Waals surface area contributed by atoms with Gasteiger partial charge in [-0.15, -0.1) is 0 Å². The van der Waals surface area contributed by atoms with E-state index in [-0.39, 0.29) is 0 Å². The number of nitrogens with one attached hydrogen (secondary N) is 1. The van der Waals surface area contributed by atoms with Crippen molar-refractivity contribution in [1.29, 1.82) is 0 Å². The summed E-state index contributed by atoms with van der Waals surface area (Å²) in [4.78, 5) is 0. The van der Waals surface area contributed by atoms with Gasteiger partial charge in [-0.25, -0.2) is 4.39 Å². The van der Waals surface area contributed by atoms with Crippen LogP contribution >= 0.6 is 0 Å². The SMILES string of the molecule is COc1cccc2c1CC(F)CCN2. The highest BCUT2D eigenvalue weighted by molar-refractivity contribution is 5.58. The maximum atomic E-state index is 13.3. The fourth-order valence-electron chi connectivity index (χ4n) is 1.82. The number of fused-ring (bicyclic) bond motifs is 1. The van der Waals surface area contributed by atoms with Gasteiger partial charge < -0.3 is 10.1 Å². The summed E-state index contributed by atoms with van der Waals surface area (Å²) >= 11 is 0. The largest absolute Gasteiger partial charge is 0.496 e. The van der Waals surface area contributed by atoms with E-state index >= 15 is 0 Å². The number of anilines is 1. The molecule has 0 spiro atoms. The molecule has 0 bridgehead atoms. The lowest BCUT2D eigenvalue weighted by molar-refractivity contribution is 0.318. The van der Waals surface area contributed by atoms with Crippen molar-refractivity contribution >= 4 is 5.69 Å². The number of hydrogen-bond acceptors (Lipinski definition) is 2. The van der Waals surface area contributed by atoms with Crippen molar-refractivity contribution < 1.29 is 9.13 Å². The molecule has 2 nitrogen and oxygen atoms in total. The highest BCUT2D eigenvalue weighted by atomic mass is 19.1. The zero-order valence-electron chi connectivity index (χ0n) is 8.22. The summed E-state index contributed by atoms with van der Waals surface area (Å²) in [5.74, 6) is 0.777. The van der Waals surface area contributed by atoms with Crippen molar-refractivity contribution in [3.63, 3.8) is 0 Å². The Kier molecular flexibility index (Phi) is 2.57. The van der Waals surface area contributed by atoms with Crippen LogP contribution in [-0.4, -0.2) is 19.8 Å². The van der Waals surface area contributed by atoms with Crippen LogP contribution in [-0.2, 0) is 6.42 Å². The Hall–Kier alpha value is -1.25. The number of alkyl halides is 1. The predicted molar refractivity (Wildman–Crippen MR) is 54.7 cm³/mol. The Morgan fingerprint density at radius 2 is 2.36 bits per heavy atom. The highest BCUT2D eigenvalue weighted by Crippen LogP contribution is 2.30. The highest BCUT2D eigenvalue weighted by Gasteiger charge is 2.18. The van der Waals surface area contributed by atoms with Crippen LogP contribution in [0.15, 0.2) is 18.2 Å². The lowest BCUT2D eigenvalue weighted by Gasteiger charge is -2.11. The van der Waals surface area contributed by atoms with Gasteiger partial charge in [-0.1, -0.05) is 6.07 Å². The minimum Gasteiger partial charge on any atom is -0.496 e. The minimum atomic E-state index is -0.764. The fraction of sp³-hybridized carbons (Fsp3) is 0.455. The van der Waals surface area contributed by atoms with E-state index in [4.69, 9.17) is 4.74 Å². The molecular weight excluding hydrogens is 181 g/mol. The minimum absolute atomic E-state index is 0.451. The Morgan fingerprint density at radius 3 is 3.14 bits per heavy atom. The number of benzene rings is 1. The molecule has 2 rings (SSSR count). The first kappa shape index (κ1) is 9.31. The molecule has 0 radical (unpaired) electrons. The van der Waals surface area contributed by atoms with Crippen LogP contribution in [0.1, 0.15) is 12.0 Å². The van der Waals surface area contributed by atoms with Crippen LogP contribution in [0.25, 0.3) is 0 Å². The number of rotatable bonds is 1. The smallest absolute Gasteiger partial charge is 0.124 e. The van der Waals surface area contributed by atoms with Gasteiger partial charge in [-0.05, 0) is 18.6 Å². The van der Waals surface area contributed by atoms with Crippen LogP contribution in [0.2, 0.25) is 0 Å². The number of methoxy groups -OCH3 is 1. The van der Waals surface area contributed by atoms with E-state index in [9.17, 15) is 4.39 Å². The summed E-state index contributed by atoms with van der Waals surface area (Å²) in [7, 11) is 1.62. The van der Waals surface area contributed by atoms with Gasteiger partial charge in [0.05, 0.1) is 7.11 Å². The second-order valence-corrected chi connectivity index (χ2v) is 3.50. The van der Waals surface area contributed by atoms with Crippen molar-refractivity contribution in [1.82, 2.24) is 0 Å². The second-order valence-electron chi connectivity index (χ2n) is 3.50. The summed E-state index contributed by atoms with van der Waals surface area (Å²) < 4.78 is 18.6. The first-order chi connectivity index (χ1) is 6.81. The van der Waals surface area contributed by atoms with Crippen molar-refractivity contribution in [2.75, 3.05) is 19.0 Å². The summed E-state index contributed by atoms with van der Waals surface area (Å²) in [5.41, 5.74) is 1.96. The molecule has 1 aliphatic heterocycles. The Labute approximate surface area is 83.1 Å². The molecule has 1 N–H and O–H groups in total. The van der Waals surface area contributed by atoms with Gasteiger partial charge in [-0.2, -0.15) is 0 Å². The van der Waals surface area contributed by atoms with Gasteiger partial charge in [0.15, 0.2) is 0 Å². The third-order valence-corrected chi connectivity index (χ3v) is 2.55. The molecule has 1 aliphatic rings. The lowest BCUT2D eigenvalue weighted by Crippen LogP contribution is -2.05. The zero-order valence-corrected chi connectivity index (χ0v) is 8.22. The Balaban J connectivity index is 2.40. The van der Waals surface area contributed by atoms with E-state index in [0.29, 0.717) is 19.4 Å². The van der Waals surface area contributed by atoms with E-state index in [0.717, 1.165) is 17.0 Å². The molecule has 0 saturated carbocycles. The Morgan fingerprint density at radius 1 is 1.50 bits per heavy atom. The molecule has 0 fully saturated rings.